The average Bonchev–Trinajstić information content (AvgIpc) is 3.01. The molecule has 156 valence electrons. The Morgan fingerprint density at radius 2 is 1.73 bits per heavy atom. The number of carbonyl (C=O) groups excluding carboxylic acids is 2. The Morgan fingerprint density at radius 3 is 2.40 bits per heavy atom. The molecule has 0 atom stereocenters. The predicted molar refractivity (Wildman–Crippen MR) is 117 cm³/mol. The van der Waals surface area contributed by atoms with Crippen LogP contribution >= 0.6 is 0 Å². The Balaban J connectivity index is 1.71. The van der Waals surface area contributed by atoms with Crippen molar-refractivity contribution in [2.24, 2.45) is 0 Å². The van der Waals surface area contributed by atoms with Gasteiger partial charge in [0.05, 0.1) is 42.0 Å². The lowest BCUT2D eigenvalue weighted by molar-refractivity contribution is -0.114. The second-order valence-electron chi connectivity index (χ2n) is 7.22. The highest BCUT2D eigenvalue weighted by Crippen LogP contribution is 2.23. The molecule has 0 unspecified atom stereocenters. The van der Waals surface area contributed by atoms with Gasteiger partial charge in [-0.2, -0.15) is 5.10 Å². The molecule has 1 heterocycles. The highest BCUT2D eigenvalue weighted by atomic mass is 16.5. The summed E-state index contributed by atoms with van der Waals surface area (Å²) in [6, 6.07) is 13.2. The summed E-state index contributed by atoms with van der Waals surface area (Å²) in [6.45, 7) is 7.78. The molecule has 0 saturated heterocycles. The Kier molecular flexibility index (Phi) is 6.20. The molecule has 1 aromatic heterocycles. The van der Waals surface area contributed by atoms with Crippen LogP contribution in [0.5, 0.6) is 0 Å². The largest absolute Gasteiger partial charge is 0.465 e. The number of aromatic nitrogens is 2. The second kappa shape index (κ2) is 8.82. The molecule has 7 nitrogen and oxygen atoms in total. The number of aryl methyl sites for hydroxylation is 3. The zero-order valence-corrected chi connectivity index (χ0v) is 17.9. The first-order valence-corrected chi connectivity index (χ1v) is 9.66. The fraction of sp³-hybridized carbons (Fsp3) is 0.261. The quantitative estimate of drug-likeness (QED) is 0.606. The second-order valence-corrected chi connectivity index (χ2v) is 7.22. The number of hydrogen-bond acceptors (Lipinski definition) is 5. The van der Waals surface area contributed by atoms with Crippen molar-refractivity contribution in [1.29, 1.82) is 0 Å². The molecule has 0 bridgehead atoms. The van der Waals surface area contributed by atoms with E-state index >= 15 is 0 Å². The number of amides is 1. The minimum absolute atomic E-state index is 0.0556. The van der Waals surface area contributed by atoms with Gasteiger partial charge in [0.15, 0.2) is 0 Å². The highest BCUT2D eigenvalue weighted by molar-refractivity contribution is 5.95. The van der Waals surface area contributed by atoms with Crippen molar-refractivity contribution in [3.63, 3.8) is 0 Å². The molecule has 0 aliphatic heterocycles. The van der Waals surface area contributed by atoms with Gasteiger partial charge in [0, 0.05) is 5.69 Å². The summed E-state index contributed by atoms with van der Waals surface area (Å²) in [5, 5.41) is 10.6. The van der Waals surface area contributed by atoms with Crippen molar-refractivity contribution < 1.29 is 14.3 Å². The van der Waals surface area contributed by atoms with Gasteiger partial charge in [-0.3, -0.25) is 4.79 Å². The minimum atomic E-state index is -0.419. The van der Waals surface area contributed by atoms with Gasteiger partial charge in [0.2, 0.25) is 5.91 Å². The molecule has 2 N–H and O–H groups in total. The van der Waals surface area contributed by atoms with Crippen molar-refractivity contribution in [3.05, 3.63) is 70.5 Å². The smallest absolute Gasteiger partial charge is 0.337 e. The summed E-state index contributed by atoms with van der Waals surface area (Å²) >= 11 is 0. The predicted octanol–water partition coefficient (Wildman–Crippen LogP) is 3.94. The minimum Gasteiger partial charge on any atom is -0.465 e. The first-order chi connectivity index (χ1) is 14.3. The van der Waals surface area contributed by atoms with Gasteiger partial charge < -0.3 is 15.4 Å². The van der Waals surface area contributed by atoms with E-state index in [9.17, 15) is 9.59 Å². The number of anilines is 2. The van der Waals surface area contributed by atoms with Gasteiger partial charge in [0.1, 0.15) is 0 Å². The van der Waals surface area contributed by atoms with Crippen LogP contribution in [-0.4, -0.2) is 35.3 Å². The van der Waals surface area contributed by atoms with E-state index in [2.05, 4.69) is 15.7 Å². The first kappa shape index (κ1) is 21.1. The van der Waals surface area contributed by atoms with Gasteiger partial charge in [0.25, 0.3) is 0 Å². The fourth-order valence-corrected chi connectivity index (χ4v) is 3.18. The molecule has 30 heavy (non-hydrogen) atoms. The number of carbonyl (C=O) groups is 2. The summed E-state index contributed by atoms with van der Waals surface area (Å²) in [7, 11) is 1.34. The molecule has 3 rings (SSSR count). The average molecular weight is 406 g/mol. The van der Waals surface area contributed by atoms with E-state index in [-0.39, 0.29) is 12.5 Å². The summed E-state index contributed by atoms with van der Waals surface area (Å²) in [5.41, 5.74) is 6.46. The monoisotopic (exact) mass is 406 g/mol. The van der Waals surface area contributed by atoms with Crippen LogP contribution in [0.3, 0.4) is 0 Å². The highest BCUT2D eigenvalue weighted by Gasteiger charge is 2.16. The van der Waals surface area contributed by atoms with Gasteiger partial charge in [-0.1, -0.05) is 23.8 Å². The molecule has 7 heteroatoms. The summed E-state index contributed by atoms with van der Waals surface area (Å²) in [5.74, 6) is -0.621. The molecular formula is C23H26N4O3. The van der Waals surface area contributed by atoms with Crippen molar-refractivity contribution in [3.8, 4) is 5.69 Å². The summed E-state index contributed by atoms with van der Waals surface area (Å²) < 4.78 is 6.57. The van der Waals surface area contributed by atoms with Crippen molar-refractivity contribution in [1.82, 2.24) is 9.78 Å². The molecule has 2 aromatic carbocycles. The third-order valence-electron chi connectivity index (χ3n) is 4.93. The number of nitrogens with zero attached hydrogens (tertiary/aromatic N) is 2. The maximum atomic E-state index is 12.6. The van der Waals surface area contributed by atoms with Crippen LogP contribution in [0.15, 0.2) is 42.5 Å². The van der Waals surface area contributed by atoms with E-state index in [4.69, 9.17) is 4.74 Å². The molecule has 0 aliphatic rings. The third-order valence-corrected chi connectivity index (χ3v) is 4.93. The fourth-order valence-electron chi connectivity index (χ4n) is 3.18. The van der Waals surface area contributed by atoms with Gasteiger partial charge in [-0.15, -0.1) is 0 Å². The number of ether oxygens (including phenoxy) is 1. The molecule has 0 saturated carbocycles. The van der Waals surface area contributed by atoms with Crippen LogP contribution in [0.1, 0.15) is 32.9 Å². The molecule has 0 aliphatic carbocycles. The molecule has 0 radical (unpaired) electrons. The van der Waals surface area contributed by atoms with Crippen molar-refractivity contribution in [2.75, 3.05) is 24.3 Å². The molecule has 0 spiro atoms. The van der Waals surface area contributed by atoms with Crippen LogP contribution in [-0.2, 0) is 9.53 Å². The zero-order chi connectivity index (χ0) is 21.8. The van der Waals surface area contributed by atoms with Crippen LogP contribution in [0, 0.1) is 27.7 Å². The van der Waals surface area contributed by atoms with Crippen LogP contribution < -0.4 is 10.6 Å². The molecule has 1 amide bonds. The Morgan fingerprint density at radius 1 is 1.03 bits per heavy atom. The van der Waals surface area contributed by atoms with E-state index in [0.717, 1.165) is 22.6 Å². The first-order valence-electron chi connectivity index (χ1n) is 9.66. The van der Waals surface area contributed by atoms with Crippen LogP contribution in [0.25, 0.3) is 5.69 Å². The van der Waals surface area contributed by atoms with Crippen molar-refractivity contribution in [2.45, 2.75) is 27.7 Å². The van der Waals surface area contributed by atoms with Gasteiger partial charge in [-0.25, -0.2) is 9.48 Å². The maximum Gasteiger partial charge on any atom is 0.337 e. The third kappa shape index (κ3) is 4.51. The number of esters is 1. The molecule has 3 aromatic rings. The Hall–Kier alpha value is -3.61. The number of hydrogen-bond donors (Lipinski definition) is 2. The molecule has 0 fully saturated rings. The lowest BCUT2D eigenvalue weighted by Crippen LogP contribution is -2.23. The Bertz CT molecular complexity index is 1080. The topological polar surface area (TPSA) is 85.2 Å². The van der Waals surface area contributed by atoms with Gasteiger partial charge >= 0.3 is 5.97 Å². The van der Waals surface area contributed by atoms with E-state index in [1.165, 1.54) is 12.7 Å². The van der Waals surface area contributed by atoms with E-state index < -0.39 is 5.97 Å². The number of nitrogens with one attached hydrogen (secondary N) is 2. The van der Waals surface area contributed by atoms with Crippen LogP contribution in [0.4, 0.5) is 11.4 Å². The number of benzene rings is 2. The zero-order valence-electron chi connectivity index (χ0n) is 17.9. The van der Waals surface area contributed by atoms with E-state index in [1.807, 2.05) is 62.7 Å². The SMILES string of the molecule is COC(=O)c1ccc(C)c(NCC(=O)Nc2c(C)nn(-c3ccc(C)cc3)c2C)c1. The standard InChI is InChI=1S/C23H26N4O3/c1-14-6-10-19(11-7-14)27-17(4)22(16(3)26-27)25-21(28)13-24-20-12-18(23(29)30-5)9-8-15(20)2/h6-12,24H,13H2,1-5H3,(H,25,28). The summed E-state index contributed by atoms with van der Waals surface area (Å²) in [6.07, 6.45) is 0. The van der Waals surface area contributed by atoms with E-state index in [1.54, 1.807) is 12.1 Å². The van der Waals surface area contributed by atoms with Crippen LogP contribution in [0.2, 0.25) is 0 Å². The Labute approximate surface area is 176 Å². The lowest BCUT2D eigenvalue weighted by Gasteiger charge is -2.12. The van der Waals surface area contributed by atoms with E-state index in [0.29, 0.717) is 16.9 Å². The summed E-state index contributed by atoms with van der Waals surface area (Å²) in [4.78, 5) is 24.3. The lowest BCUT2D eigenvalue weighted by atomic mass is 10.1. The normalized spacial score (nSPS) is 10.6. The van der Waals surface area contributed by atoms with Crippen molar-refractivity contribution >= 4 is 23.3 Å². The number of rotatable bonds is 6. The maximum absolute atomic E-state index is 12.6. The number of methoxy groups -OCH3 is 1. The molecular weight excluding hydrogens is 380 g/mol. The van der Waals surface area contributed by atoms with Gasteiger partial charge in [-0.05, 0) is 57.5 Å².